The number of allylic oxidation sites excluding steroid dienone is 2. The van der Waals surface area contributed by atoms with Crippen LogP contribution in [0.25, 0.3) is 12.2 Å². The zero-order valence-electron chi connectivity index (χ0n) is 24.2. The number of hydrogen-bond acceptors (Lipinski definition) is 2. The van der Waals surface area contributed by atoms with Gasteiger partial charge in [0.2, 0.25) is 0 Å². The van der Waals surface area contributed by atoms with Crippen molar-refractivity contribution in [2.75, 3.05) is 0 Å². The highest BCUT2D eigenvalue weighted by atomic mass is 19.4. The van der Waals surface area contributed by atoms with Gasteiger partial charge in [-0.1, -0.05) is 102 Å². The first kappa shape index (κ1) is 33.9. The van der Waals surface area contributed by atoms with Gasteiger partial charge in [-0.3, -0.25) is 0 Å². The van der Waals surface area contributed by atoms with Gasteiger partial charge in [-0.2, -0.15) is 17.7 Å². The molecule has 216 valence electrons. The summed E-state index contributed by atoms with van der Waals surface area (Å²) in [5.41, 5.74) is 7.51. The molecule has 6 heteroatoms. The maximum atomic E-state index is 10.5. The number of carboxylic acid groups (broad SMARTS) is 1. The van der Waals surface area contributed by atoms with E-state index in [1.54, 1.807) is 5.69 Å². The number of aromatic nitrogens is 1. The zero-order chi connectivity index (χ0) is 28.4. The molecule has 1 aliphatic rings. The number of pyridine rings is 1. The molecule has 3 nitrogen and oxygen atoms in total. The van der Waals surface area contributed by atoms with Gasteiger partial charge in [-0.15, -0.1) is 0 Å². The summed E-state index contributed by atoms with van der Waals surface area (Å²) in [6.45, 7) is 10.5. The van der Waals surface area contributed by atoms with Crippen molar-refractivity contribution >= 4 is 18.1 Å². The average Bonchev–Trinajstić information content (AvgIpc) is 3.36. The van der Waals surface area contributed by atoms with Crippen LogP contribution in [0, 0.1) is 13.8 Å². The van der Waals surface area contributed by atoms with Crippen LogP contribution < -0.4 is 9.67 Å². The lowest BCUT2D eigenvalue weighted by Gasteiger charge is -2.11. The summed E-state index contributed by atoms with van der Waals surface area (Å²) in [5.74, 6) is -3.01. The molecule has 0 saturated carbocycles. The summed E-state index contributed by atoms with van der Waals surface area (Å²) in [4.78, 5) is 8.78. The fourth-order valence-corrected chi connectivity index (χ4v) is 5.06. The summed E-state index contributed by atoms with van der Waals surface area (Å²) in [7, 11) is 0. The number of carbonyl (C=O) groups is 1. The van der Waals surface area contributed by atoms with Crippen molar-refractivity contribution < 1.29 is 27.6 Å². The summed E-state index contributed by atoms with van der Waals surface area (Å²) >= 11 is 0. The first-order chi connectivity index (χ1) is 18.1. The highest BCUT2D eigenvalue weighted by Gasteiger charge is 2.29. The lowest BCUT2D eigenvalue weighted by molar-refractivity contribution is -0.696. The molecule has 1 aromatic heterocycles. The molecule has 0 atom stereocenters. The Morgan fingerprint density at radius 1 is 0.816 bits per heavy atom. The second-order valence-corrected chi connectivity index (χ2v) is 10.4. The van der Waals surface area contributed by atoms with Gasteiger partial charge in [0.1, 0.15) is 12.5 Å². The molecule has 0 saturated heterocycles. The van der Waals surface area contributed by atoms with Crippen molar-refractivity contribution in [1.82, 2.24) is 0 Å². The average molecular weight is 538 g/mol. The Bertz CT molecular complexity index is 888. The molecule has 0 aromatic carbocycles. The number of unbranched alkanes of at least 4 members (excludes halogenated alkanes) is 12. The molecule has 0 aliphatic carbocycles. The molecule has 0 N–H and O–H groups in total. The molecule has 0 fully saturated rings. The molecule has 1 aromatic rings. The van der Waals surface area contributed by atoms with E-state index in [2.05, 4.69) is 56.6 Å². The Kier molecular flexibility index (Phi) is 17.0. The SMILES string of the molecule is CCCCCCCC/C=C/c1c(C)c(/C=C/CCCCCCCC)c2[n+](c1C)CCC2.O=C([O-])C(F)(F)F. The lowest BCUT2D eigenvalue weighted by atomic mass is 9.97. The van der Waals surface area contributed by atoms with Crippen molar-refractivity contribution in [1.29, 1.82) is 0 Å². The van der Waals surface area contributed by atoms with Crippen LogP contribution in [0.3, 0.4) is 0 Å². The van der Waals surface area contributed by atoms with Gasteiger partial charge in [0.25, 0.3) is 0 Å². The monoisotopic (exact) mass is 537 g/mol. The molecule has 0 unspecified atom stereocenters. The van der Waals surface area contributed by atoms with Crippen LogP contribution in [0.1, 0.15) is 138 Å². The van der Waals surface area contributed by atoms with E-state index in [-0.39, 0.29) is 0 Å². The number of rotatable bonds is 16. The number of fused-ring (bicyclic) bond motifs is 1. The van der Waals surface area contributed by atoms with Crippen LogP contribution in [0.2, 0.25) is 0 Å². The third-order valence-electron chi connectivity index (χ3n) is 7.28. The standard InChI is InChI=1S/C30H50N.C2HF3O2/c1-5-7-9-11-13-15-17-19-22-28-26(3)29(30-24-21-25-31(30)27(28)4)23-20-18-16-14-12-10-8-6-2;3-2(4,5)1(6)7/h19-20,22-23H,5-18,21,24-25H2,1-4H3;(H,6,7)/q+1;/p-1/b22-19+,23-20+;. The molecule has 0 spiro atoms. The van der Waals surface area contributed by atoms with Crippen molar-refractivity contribution in [3.63, 3.8) is 0 Å². The van der Waals surface area contributed by atoms with Gasteiger partial charge in [-0.05, 0) is 38.2 Å². The highest BCUT2D eigenvalue weighted by molar-refractivity contribution is 5.70. The minimum Gasteiger partial charge on any atom is -0.542 e. The van der Waals surface area contributed by atoms with Crippen LogP contribution in [0.4, 0.5) is 13.2 Å². The van der Waals surface area contributed by atoms with Crippen molar-refractivity contribution in [2.45, 2.75) is 143 Å². The zero-order valence-corrected chi connectivity index (χ0v) is 24.2. The van der Waals surface area contributed by atoms with Crippen LogP contribution in [-0.4, -0.2) is 12.1 Å². The summed E-state index contributed by atoms with van der Waals surface area (Å²) in [6.07, 6.45) is 26.1. The number of aliphatic carboxylic acids is 1. The Labute approximate surface area is 229 Å². The highest BCUT2D eigenvalue weighted by Crippen LogP contribution is 2.26. The van der Waals surface area contributed by atoms with E-state index in [0.717, 1.165) is 0 Å². The number of carboxylic acids is 1. The molecule has 0 bridgehead atoms. The Morgan fingerprint density at radius 3 is 1.74 bits per heavy atom. The molecule has 2 heterocycles. The van der Waals surface area contributed by atoms with E-state index in [1.165, 1.54) is 132 Å². The summed E-state index contributed by atoms with van der Waals surface area (Å²) < 4.78 is 34.1. The predicted octanol–water partition coefficient (Wildman–Crippen LogP) is 8.36. The summed E-state index contributed by atoms with van der Waals surface area (Å²) in [5, 5.41) is 8.78. The van der Waals surface area contributed by atoms with Gasteiger partial charge in [0.05, 0.1) is 0 Å². The van der Waals surface area contributed by atoms with Crippen molar-refractivity contribution in [3.8, 4) is 0 Å². The van der Waals surface area contributed by atoms with E-state index in [0.29, 0.717) is 0 Å². The van der Waals surface area contributed by atoms with Crippen LogP contribution in [0.5, 0.6) is 0 Å². The van der Waals surface area contributed by atoms with E-state index in [4.69, 9.17) is 9.90 Å². The minimum absolute atomic E-state index is 1.19. The molecular weight excluding hydrogens is 487 g/mol. The molecular formula is C32H50F3NO2. The lowest BCUT2D eigenvalue weighted by Crippen LogP contribution is -2.38. The van der Waals surface area contributed by atoms with Gasteiger partial charge in [-0.25, -0.2) is 0 Å². The predicted molar refractivity (Wildman–Crippen MR) is 150 cm³/mol. The van der Waals surface area contributed by atoms with Gasteiger partial charge < -0.3 is 9.90 Å². The Morgan fingerprint density at radius 2 is 1.26 bits per heavy atom. The second kappa shape index (κ2) is 19.0. The largest absolute Gasteiger partial charge is 0.542 e. The van der Waals surface area contributed by atoms with Crippen LogP contribution in [0.15, 0.2) is 12.2 Å². The molecule has 0 radical (unpaired) electrons. The number of hydrogen-bond donors (Lipinski definition) is 0. The second-order valence-electron chi connectivity index (χ2n) is 10.4. The van der Waals surface area contributed by atoms with Crippen LogP contribution >= 0.6 is 0 Å². The van der Waals surface area contributed by atoms with Crippen molar-refractivity contribution in [3.05, 3.63) is 40.2 Å². The molecule has 0 amide bonds. The number of halogens is 3. The first-order valence-electron chi connectivity index (χ1n) is 14.8. The fraction of sp³-hybridized carbons (Fsp3) is 0.688. The van der Waals surface area contributed by atoms with E-state index < -0.39 is 12.1 Å². The molecule has 1 aliphatic heterocycles. The Balaban J connectivity index is 0.000000905. The van der Waals surface area contributed by atoms with Crippen molar-refractivity contribution in [2.24, 2.45) is 0 Å². The minimum atomic E-state index is -5.19. The van der Waals surface area contributed by atoms with Gasteiger partial charge >= 0.3 is 6.18 Å². The quantitative estimate of drug-likeness (QED) is 0.157. The third-order valence-corrected chi connectivity index (χ3v) is 7.28. The summed E-state index contributed by atoms with van der Waals surface area (Å²) in [6, 6.07) is 0. The first-order valence-corrected chi connectivity index (χ1v) is 14.8. The maximum Gasteiger partial charge on any atom is 0.430 e. The van der Waals surface area contributed by atoms with Crippen LogP contribution in [-0.2, 0) is 17.8 Å². The molecule has 38 heavy (non-hydrogen) atoms. The normalized spacial score (nSPS) is 13.2. The molecule has 2 rings (SSSR count). The topological polar surface area (TPSA) is 44.0 Å². The number of alkyl halides is 3. The number of carbonyl (C=O) groups excluding carboxylic acids is 1. The fourth-order valence-electron chi connectivity index (χ4n) is 5.06. The van der Waals surface area contributed by atoms with E-state index >= 15 is 0 Å². The smallest absolute Gasteiger partial charge is 0.430 e. The number of nitrogens with zero attached hydrogens (tertiary/aromatic N) is 1. The third kappa shape index (κ3) is 12.6. The van der Waals surface area contributed by atoms with E-state index in [1.807, 2.05) is 0 Å². The maximum absolute atomic E-state index is 10.5. The van der Waals surface area contributed by atoms with Gasteiger partial charge in [0, 0.05) is 30.9 Å². The Hall–Kier alpha value is -2.11. The van der Waals surface area contributed by atoms with E-state index in [9.17, 15) is 13.2 Å². The van der Waals surface area contributed by atoms with Gasteiger partial charge in [0.15, 0.2) is 11.4 Å².